The summed E-state index contributed by atoms with van der Waals surface area (Å²) in [5.74, 6) is 0.874. The molecular formula is C19H31N. The molecule has 0 radical (unpaired) electrons. The average Bonchev–Trinajstić information content (AvgIpc) is 2.71. The first-order valence-electron chi connectivity index (χ1n) is 8.50. The lowest BCUT2D eigenvalue weighted by Crippen LogP contribution is -2.38. The molecule has 2 rings (SSSR count). The predicted octanol–water partition coefficient (Wildman–Crippen LogP) is 4.79. The van der Waals surface area contributed by atoms with Gasteiger partial charge in [-0.1, -0.05) is 50.8 Å². The summed E-state index contributed by atoms with van der Waals surface area (Å²) < 4.78 is 0. The van der Waals surface area contributed by atoms with E-state index in [1.165, 1.54) is 61.6 Å². The van der Waals surface area contributed by atoms with Crippen molar-refractivity contribution in [3.63, 3.8) is 0 Å². The lowest BCUT2D eigenvalue weighted by atomic mass is 9.87. The first-order valence-corrected chi connectivity index (χ1v) is 8.50. The van der Waals surface area contributed by atoms with E-state index >= 15 is 0 Å². The molecule has 0 amide bonds. The van der Waals surface area contributed by atoms with Crippen LogP contribution in [0, 0.1) is 19.8 Å². The molecule has 1 aliphatic rings. The number of hydrogen-bond acceptors (Lipinski definition) is 1. The molecule has 1 aromatic rings. The van der Waals surface area contributed by atoms with Crippen LogP contribution in [-0.2, 0) is 6.42 Å². The summed E-state index contributed by atoms with van der Waals surface area (Å²) in [4.78, 5) is 0. The topological polar surface area (TPSA) is 12.0 Å². The van der Waals surface area contributed by atoms with Gasteiger partial charge in [-0.3, -0.25) is 0 Å². The van der Waals surface area contributed by atoms with Gasteiger partial charge in [0.25, 0.3) is 0 Å². The molecule has 1 nitrogen and oxygen atoms in total. The van der Waals surface area contributed by atoms with Gasteiger partial charge in [0.2, 0.25) is 0 Å². The maximum Gasteiger partial charge on any atom is 0.0136 e. The molecular weight excluding hydrogens is 242 g/mol. The molecule has 1 heteroatoms. The highest BCUT2D eigenvalue weighted by atomic mass is 14.9. The van der Waals surface area contributed by atoms with Crippen LogP contribution in [-0.4, -0.2) is 12.6 Å². The SMILES string of the molecule is CCNC(Cc1ccc(C)c(C)c1)C1CCCCCC1. The third-order valence-corrected chi connectivity index (χ3v) is 4.96. The number of hydrogen-bond donors (Lipinski definition) is 1. The van der Waals surface area contributed by atoms with Gasteiger partial charge in [-0.15, -0.1) is 0 Å². The molecule has 0 spiro atoms. The first kappa shape index (κ1) is 15.6. The molecule has 0 heterocycles. The van der Waals surface area contributed by atoms with Crippen molar-refractivity contribution in [2.75, 3.05) is 6.54 Å². The van der Waals surface area contributed by atoms with Crippen LogP contribution in [0.4, 0.5) is 0 Å². The summed E-state index contributed by atoms with van der Waals surface area (Å²) in [6.07, 6.45) is 9.78. The van der Waals surface area contributed by atoms with Crippen molar-refractivity contribution in [2.24, 2.45) is 5.92 Å². The van der Waals surface area contributed by atoms with Crippen molar-refractivity contribution >= 4 is 0 Å². The van der Waals surface area contributed by atoms with Crippen LogP contribution in [0.5, 0.6) is 0 Å². The number of nitrogens with one attached hydrogen (secondary N) is 1. The molecule has 1 aromatic carbocycles. The van der Waals surface area contributed by atoms with Gasteiger partial charge in [-0.05, 0) is 62.3 Å². The maximum absolute atomic E-state index is 3.76. The highest BCUT2D eigenvalue weighted by Gasteiger charge is 2.22. The van der Waals surface area contributed by atoms with Crippen molar-refractivity contribution in [1.82, 2.24) is 5.32 Å². The minimum Gasteiger partial charge on any atom is -0.314 e. The minimum atomic E-state index is 0.667. The average molecular weight is 273 g/mol. The van der Waals surface area contributed by atoms with E-state index in [2.05, 4.69) is 44.3 Å². The first-order chi connectivity index (χ1) is 9.70. The minimum absolute atomic E-state index is 0.667. The van der Waals surface area contributed by atoms with Crippen LogP contribution in [0.25, 0.3) is 0 Å². The molecule has 1 fully saturated rings. The zero-order valence-corrected chi connectivity index (χ0v) is 13.5. The van der Waals surface area contributed by atoms with Gasteiger partial charge in [-0.2, -0.15) is 0 Å². The fraction of sp³-hybridized carbons (Fsp3) is 0.684. The molecule has 112 valence electrons. The molecule has 0 aromatic heterocycles. The van der Waals surface area contributed by atoms with Gasteiger partial charge in [0, 0.05) is 6.04 Å². The van der Waals surface area contributed by atoms with Gasteiger partial charge in [0.15, 0.2) is 0 Å². The Bertz CT molecular complexity index is 402. The van der Waals surface area contributed by atoms with Crippen LogP contribution < -0.4 is 5.32 Å². The van der Waals surface area contributed by atoms with E-state index in [4.69, 9.17) is 0 Å². The summed E-state index contributed by atoms with van der Waals surface area (Å²) >= 11 is 0. The molecule has 1 aliphatic carbocycles. The molecule has 20 heavy (non-hydrogen) atoms. The van der Waals surface area contributed by atoms with Crippen LogP contribution >= 0.6 is 0 Å². The van der Waals surface area contributed by atoms with Gasteiger partial charge < -0.3 is 5.32 Å². The molecule has 0 aliphatic heterocycles. The van der Waals surface area contributed by atoms with E-state index in [9.17, 15) is 0 Å². The van der Waals surface area contributed by atoms with Gasteiger partial charge >= 0.3 is 0 Å². The van der Waals surface area contributed by atoms with E-state index in [1.54, 1.807) is 0 Å². The smallest absolute Gasteiger partial charge is 0.0136 e. The van der Waals surface area contributed by atoms with Crippen molar-refractivity contribution in [3.8, 4) is 0 Å². The zero-order valence-electron chi connectivity index (χ0n) is 13.5. The Balaban J connectivity index is 2.05. The summed E-state index contributed by atoms with van der Waals surface area (Å²) in [6.45, 7) is 7.76. The van der Waals surface area contributed by atoms with Crippen LogP contribution in [0.2, 0.25) is 0 Å². The Morgan fingerprint density at radius 3 is 2.35 bits per heavy atom. The second-order valence-corrected chi connectivity index (χ2v) is 6.54. The van der Waals surface area contributed by atoms with Crippen molar-refractivity contribution in [3.05, 3.63) is 34.9 Å². The van der Waals surface area contributed by atoms with Gasteiger partial charge in [-0.25, -0.2) is 0 Å². The third kappa shape index (κ3) is 4.34. The van der Waals surface area contributed by atoms with Crippen LogP contribution in [0.1, 0.15) is 62.1 Å². The van der Waals surface area contributed by atoms with E-state index in [0.29, 0.717) is 6.04 Å². The van der Waals surface area contributed by atoms with E-state index in [0.717, 1.165) is 12.5 Å². The van der Waals surface area contributed by atoms with Crippen LogP contribution in [0.15, 0.2) is 18.2 Å². The van der Waals surface area contributed by atoms with E-state index in [-0.39, 0.29) is 0 Å². The summed E-state index contributed by atoms with van der Waals surface area (Å²) in [5, 5.41) is 3.76. The van der Waals surface area contributed by atoms with Crippen LogP contribution in [0.3, 0.4) is 0 Å². The standard InChI is InChI=1S/C19H31N/c1-4-20-19(18-9-7-5-6-8-10-18)14-17-12-11-15(2)16(3)13-17/h11-13,18-20H,4-10,14H2,1-3H3. The quantitative estimate of drug-likeness (QED) is 0.760. The summed E-state index contributed by atoms with van der Waals surface area (Å²) in [7, 11) is 0. The lowest BCUT2D eigenvalue weighted by molar-refractivity contribution is 0.321. The number of likely N-dealkylation sites (N-methyl/N-ethyl adjacent to an activating group) is 1. The fourth-order valence-corrected chi connectivity index (χ4v) is 3.57. The Morgan fingerprint density at radius 2 is 1.75 bits per heavy atom. The number of rotatable bonds is 5. The normalized spacial score (nSPS) is 18.8. The number of benzene rings is 1. The highest BCUT2D eigenvalue weighted by Crippen LogP contribution is 2.27. The Morgan fingerprint density at radius 1 is 1.05 bits per heavy atom. The Labute approximate surface area is 125 Å². The monoisotopic (exact) mass is 273 g/mol. The Kier molecular flexibility index (Phi) is 6.09. The summed E-state index contributed by atoms with van der Waals surface area (Å²) in [6, 6.07) is 7.65. The van der Waals surface area contributed by atoms with E-state index < -0.39 is 0 Å². The third-order valence-electron chi connectivity index (χ3n) is 4.96. The molecule has 1 N–H and O–H groups in total. The van der Waals surface area contributed by atoms with Crippen molar-refractivity contribution in [2.45, 2.75) is 71.8 Å². The van der Waals surface area contributed by atoms with Gasteiger partial charge in [0.05, 0.1) is 0 Å². The molecule has 0 bridgehead atoms. The predicted molar refractivity (Wildman–Crippen MR) is 88.3 cm³/mol. The number of aryl methyl sites for hydroxylation is 2. The second-order valence-electron chi connectivity index (χ2n) is 6.54. The van der Waals surface area contributed by atoms with Crippen molar-refractivity contribution in [1.29, 1.82) is 0 Å². The lowest BCUT2D eigenvalue weighted by Gasteiger charge is -2.27. The zero-order chi connectivity index (χ0) is 14.4. The largest absolute Gasteiger partial charge is 0.314 e. The van der Waals surface area contributed by atoms with Crippen molar-refractivity contribution < 1.29 is 0 Å². The van der Waals surface area contributed by atoms with E-state index in [1.807, 2.05) is 0 Å². The molecule has 1 unspecified atom stereocenters. The Hall–Kier alpha value is -0.820. The highest BCUT2D eigenvalue weighted by molar-refractivity contribution is 5.30. The maximum atomic E-state index is 3.76. The molecule has 0 saturated heterocycles. The second kappa shape index (κ2) is 7.83. The van der Waals surface area contributed by atoms with Gasteiger partial charge in [0.1, 0.15) is 0 Å². The summed E-state index contributed by atoms with van der Waals surface area (Å²) in [5.41, 5.74) is 4.34. The molecule has 1 atom stereocenters. The fourth-order valence-electron chi connectivity index (χ4n) is 3.57. The molecule has 1 saturated carbocycles.